The average Bonchev–Trinajstić information content (AvgIpc) is 2.03. The van der Waals surface area contributed by atoms with E-state index in [0.717, 1.165) is 24.5 Å². The molecule has 11 heavy (non-hydrogen) atoms. The van der Waals surface area contributed by atoms with Crippen molar-refractivity contribution in [2.24, 2.45) is 0 Å². The second-order valence-corrected chi connectivity index (χ2v) is 3.35. The molecule has 0 spiro atoms. The molecular weight excluding hydrogens is 165 g/mol. The Bertz CT molecular complexity index is 67.5. The van der Waals surface area contributed by atoms with Gasteiger partial charge in [0.15, 0.2) is 0 Å². The van der Waals surface area contributed by atoms with Crippen molar-refractivity contribution < 1.29 is 9.50 Å². The lowest BCUT2D eigenvalue weighted by molar-refractivity contribution is 0.296. The van der Waals surface area contributed by atoms with Crippen LogP contribution in [0.4, 0.5) is 4.39 Å². The van der Waals surface area contributed by atoms with Crippen molar-refractivity contribution in [2.75, 3.05) is 37.9 Å². The molecule has 0 aromatic heterocycles. The number of hydrogen-bond acceptors (Lipinski definition) is 3. The molecule has 2 N–H and O–H groups in total. The first-order valence-electron chi connectivity index (χ1n) is 3.87. The monoisotopic (exact) mass is 181 g/mol. The van der Waals surface area contributed by atoms with Crippen LogP contribution in [0.15, 0.2) is 0 Å². The molecule has 0 saturated heterocycles. The molecule has 0 unspecified atom stereocenters. The van der Waals surface area contributed by atoms with Crippen LogP contribution in [0, 0.1) is 0 Å². The zero-order valence-electron chi connectivity index (χ0n) is 6.68. The predicted molar refractivity (Wildman–Crippen MR) is 47.9 cm³/mol. The smallest absolute Gasteiger partial charge is 0.102 e. The molecule has 0 bridgehead atoms. The lowest BCUT2D eigenvalue weighted by atomic mass is 10.5. The van der Waals surface area contributed by atoms with Gasteiger partial charge in [-0.1, -0.05) is 0 Å². The molecule has 68 valence electrons. The SMILES string of the molecule is OCCCSCCNCCF. The van der Waals surface area contributed by atoms with Crippen LogP contribution in [-0.4, -0.2) is 43.0 Å². The maximum atomic E-state index is 11.5. The first-order chi connectivity index (χ1) is 5.41. The molecule has 0 saturated carbocycles. The van der Waals surface area contributed by atoms with Crippen LogP contribution in [-0.2, 0) is 0 Å². The molecule has 4 heteroatoms. The van der Waals surface area contributed by atoms with Crippen molar-refractivity contribution in [1.29, 1.82) is 0 Å². The summed E-state index contributed by atoms with van der Waals surface area (Å²) in [4.78, 5) is 0. The Kier molecular flexibility index (Phi) is 10.4. The van der Waals surface area contributed by atoms with Crippen molar-refractivity contribution in [1.82, 2.24) is 5.32 Å². The summed E-state index contributed by atoms with van der Waals surface area (Å²) in [5.74, 6) is 1.99. The largest absolute Gasteiger partial charge is 0.396 e. The molecule has 2 nitrogen and oxygen atoms in total. The van der Waals surface area contributed by atoms with Crippen LogP contribution in [0.5, 0.6) is 0 Å². The summed E-state index contributed by atoms with van der Waals surface area (Å²) in [6.45, 7) is 1.30. The summed E-state index contributed by atoms with van der Waals surface area (Å²) in [5, 5.41) is 11.4. The summed E-state index contributed by atoms with van der Waals surface area (Å²) in [7, 11) is 0. The van der Waals surface area contributed by atoms with Gasteiger partial charge in [-0.3, -0.25) is 0 Å². The van der Waals surface area contributed by atoms with E-state index in [1.165, 1.54) is 0 Å². The minimum atomic E-state index is -0.290. The minimum absolute atomic E-state index is 0.269. The van der Waals surface area contributed by atoms with E-state index >= 15 is 0 Å². The maximum Gasteiger partial charge on any atom is 0.102 e. The Morgan fingerprint density at radius 3 is 2.73 bits per heavy atom. The van der Waals surface area contributed by atoms with Gasteiger partial charge in [-0.2, -0.15) is 11.8 Å². The van der Waals surface area contributed by atoms with E-state index in [1.807, 2.05) is 0 Å². The van der Waals surface area contributed by atoms with Gasteiger partial charge in [-0.05, 0) is 12.2 Å². The van der Waals surface area contributed by atoms with E-state index in [2.05, 4.69) is 5.32 Å². The van der Waals surface area contributed by atoms with Gasteiger partial charge in [0.2, 0.25) is 0 Å². The van der Waals surface area contributed by atoms with E-state index in [9.17, 15) is 4.39 Å². The van der Waals surface area contributed by atoms with Crippen LogP contribution >= 0.6 is 11.8 Å². The fourth-order valence-electron chi connectivity index (χ4n) is 0.605. The standard InChI is InChI=1S/C7H16FNOS/c8-2-3-9-4-7-11-6-1-5-10/h9-10H,1-7H2. The van der Waals surface area contributed by atoms with E-state index in [-0.39, 0.29) is 13.3 Å². The zero-order valence-corrected chi connectivity index (χ0v) is 7.50. The van der Waals surface area contributed by atoms with Gasteiger partial charge in [-0.15, -0.1) is 0 Å². The van der Waals surface area contributed by atoms with Crippen molar-refractivity contribution in [3.8, 4) is 0 Å². The maximum absolute atomic E-state index is 11.5. The number of aliphatic hydroxyl groups is 1. The van der Waals surface area contributed by atoms with Gasteiger partial charge < -0.3 is 10.4 Å². The lowest BCUT2D eigenvalue weighted by Gasteiger charge is -2.00. The molecule has 0 rings (SSSR count). The van der Waals surface area contributed by atoms with Gasteiger partial charge in [0.05, 0.1) is 0 Å². The molecule has 0 aliphatic rings. The average molecular weight is 181 g/mol. The first kappa shape index (κ1) is 11.2. The number of alkyl halides is 1. The number of halogens is 1. The predicted octanol–water partition coefficient (Wildman–Crippen LogP) is 0.661. The van der Waals surface area contributed by atoms with Crippen molar-refractivity contribution >= 4 is 11.8 Å². The van der Waals surface area contributed by atoms with Crippen LogP contribution in [0.1, 0.15) is 6.42 Å². The summed E-state index contributed by atoms with van der Waals surface area (Å²) < 4.78 is 11.5. The topological polar surface area (TPSA) is 32.3 Å². The molecule has 0 aliphatic carbocycles. The van der Waals surface area contributed by atoms with Crippen LogP contribution in [0.3, 0.4) is 0 Å². The van der Waals surface area contributed by atoms with Gasteiger partial charge in [-0.25, -0.2) is 4.39 Å². The Labute approximate surface area is 71.6 Å². The summed E-state index contributed by atoms with van der Waals surface area (Å²) in [5.41, 5.74) is 0. The fraction of sp³-hybridized carbons (Fsp3) is 1.00. The Morgan fingerprint density at radius 1 is 1.27 bits per heavy atom. The molecular formula is C7H16FNOS. The Morgan fingerprint density at radius 2 is 2.09 bits per heavy atom. The summed E-state index contributed by atoms with van der Waals surface area (Å²) in [6, 6.07) is 0. The van der Waals surface area contributed by atoms with Gasteiger partial charge in [0, 0.05) is 25.4 Å². The number of aliphatic hydroxyl groups excluding tert-OH is 1. The molecule has 0 amide bonds. The fourth-order valence-corrected chi connectivity index (χ4v) is 1.43. The van der Waals surface area contributed by atoms with Gasteiger partial charge in [0.1, 0.15) is 6.67 Å². The molecule has 0 atom stereocenters. The number of thioether (sulfide) groups is 1. The normalized spacial score (nSPS) is 10.4. The van der Waals surface area contributed by atoms with E-state index in [4.69, 9.17) is 5.11 Å². The highest BCUT2D eigenvalue weighted by Crippen LogP contribution is 1.99. The third-order valence-corrected chi connectivity index (χ3v) is 2.21. The summed E-state index contributed by atoms with van der Waals surface area (Å²) >= 11 is 1.78. The quantitative estimate of drug-likeness (QED) is 0.540. The van der Waals surface area contributed by atoms with E-state index in [0.29, 0.717) is 6.54 Å². The molecule has 0 fully saturated rings. The van der Waals surface area contributed by atoms with Gasteiger partial charge >= 0.3 is 0 Å². The third-order valence-electron chi connectivity index (χ3n) is 1.14. The summed E-state index contributed by atoms with van der Waals surface area (Å²) in [6.07, 6.45) is 0.855. The Balaban J connectivity index is 2.69. The molecule has 0 aromatic carbocycles. The Hall–Kier alpha value is 0.200. The highest BCUT2D eigenvalue weighted by Gasteiger charge is 1.88. The second kappa shape index (κ2) is 10.2. The van der Waals surface area contributed by atoms with Crippen molar-refractivity contribution in [3.05, 3.63) is 0 Å². The minimum Gasteiger partial charge on any atom is -0.396 e. The number of rotatable bonds is 8. The zero-order chi connectivity index (χ0) is 8.36. The highest BCUT2D eigenvalue weighted by atomic mass is 32.2. The third kappa shape index (κ3) is 10.2. The molecule has 0 heterocycles. The van der Waals surface area contributed by atoms with E-state index < -0.39 is 0 Å². The highest BCUT2D eigenvalue weighted by molar-refractivity contribution is 7.99. The lowest BCUT2D eigenvalue weighted by Crippen LogP contribution is -2.19. The van der Waals surface area contributed by atoms with Crippen LogP contribution in [0.25, 0.3) is 0 Å². The second-order valence-electron chi connectivity index (χ2n) is 2.13. The van der Waals surface area contributed by atoms with Gasteiger partial charge in [0.25, 0.3) is 0 Å². The van der Waals surface area contributed by atoms with Crippen molar-refractivity contribution in [2.45, 2.75) is 6.42 Å². The molecule has 0 aliphatic heterocycles. The molecule has 0 radical (unpaired) electrons. The van der Waals surface area contributed by atoms with E-state index in [1.54, 1.807) is 11.8 Å². The number of nitrogens with one attached hydrogen (secondary N) is 1. The molecule has 0 aromatic rings. The van der Waals surface area contributed by atoms with Crippen LogP contribution < -0.4 is 5.32 Å². The number of hydrogen-bond donors (Lipinski definition) is 2. The van der Waals surface area contributed by atoms with Crippen LogP contribution in [0.2, 0.25) is 0 Å². The van der Waals surface area contributed by atoms with Crippen molar-refractivity contribution in [3.63, 3.8) is 0 Å². The first-order valence-corrected chi connectivity index (χ1v) is 5.02.